The van der Waals surface area contributed by atoms with Gasteiger partial charge in [-0.15, -0.1) is 0 Å². The monoisotopic (exact) mass is 347 g/mol. The SMILES string of the molecule is CC(C)OCCCNC(=O)N1CCCC(C(=O)Nc2ccccc2)C1. The molecule has 1 heterocycles. The first-order valence-electron chi connectivity index (χ1n) is 9.06. The number of rotatable bonds is 7. The second kappa shape index (κ2) is 10.0. The van der Waals surface area contributed by atoms with E-state index >= 15 is 0 Å². The van der Waals surface area contributed by atoms with Gasteiger partial charge >= 0.3 is 6.03 Å². The number of hydrogen-bond acceptors (Lipinski definition) is 3. The van der Waals surface area contributed by atoms with Crippen LogP contribution in [0, 0.1) is 5.92 Å². The second-order valence-electron chi connectivity index (χ2n) is 6.65. The molecule has 1 aliphatic rings. The molecule has 1 unspecified atom stereocenters. The molecule has 1 aromatic rings. The van der Waals surface area contributed by atoms with E-state index in [1.807, 2.05) is 44.2 Å². The molecule has 1 atom stereocenters. The van der Waals surface area contributed by atoms with E-state index in [-0.39, 0.29) is 24.0 Å². The molecule has 0 aliphatic carbocycles. The zero-order valence-corrected chi connectivity index (χ0v) is 15.2. The summed E-state index contributed by atoms with van der Waals surface area (Å²) in [6.07, 6.45) is 2.65. The number of para-hydroxylation sites is 1. The largest absolute Gasteiger partial charge is 0.379 e. The Labute approximate surface area is 149 Å². The predicted octanol–water partition coefficient (Wildman–Crippen LogP) is 2.86. The minimum absolute atomic E-state index is 0.0194. The zero-order valence-electron chi connectivity index (χ0n) is 15.2. The van der Waals surface area contributed by atoms with E-state index in [9.17, 15) is 9.59 Å². The van der Waals surface area contributed by atoms with E-state index < -0.39 is 0 Å². The number of urea groups is 1. The highest BCUT2D eigenvalue weighted by atomic mass is 16.5. The van der Waals surface area contributed by atoms with Crippen LogP contribution in [0.25, 0.3) is 0 Å². The fourth-order valence-corrected chi connectivity index (χ4v) is 2.84. The van der Waals surface area contributed by atoms with Gasteiger partial charge in [-0.25, -0.2) is 4.79 Å². The van der Waals surface area contributed by atoms with Crippen molar-refractivity contribution in [3.05, 3.63) is 30.3 Å². The Hall–Kier alpha value is -2.08. The van der Waals surface area contributed by atoms with Crippen molar-refractivity contribution in [1.29, 1.82) is 0 Å². The summed E-state index contributed by atoms with van der Waals surface area (Å²) in [6.45, 7) is 6.37. The standard InChI is InChI=1S/C19H29N3O3/c1-15(2)25-13-7-11-20-19(24)22-12-6-8-16(14-22)18(23)21-17-9-4-3-5-10-17/h3-5,9-10,15-16H,6-8,11-14H2,1-2H3,(H,20,24)(H,21,23). The maximum atomic E-state index is 12.4. The number of nitrogens with zero attached hydrogens (tertiary/aromatic N) is 1. The van der Waals surface area contributed by atoms with Gasteiger partial charge in [0.2, 0.25) is 5.91 Å². The van der Waals surface area contributed by atoms with Crippen LogP contribution in [-0.2, 0) is 9.53 Å². The molecular formula is C19H29N3O3. The first kappa shape index (κ1) is 19.2. The number of piperidine rings is 1. The lowest BCUT2D eigenvalue weighted by Gasteiger charge is -2.32. The van der Waals surface area contributed by atoms with Crippen molar-refractivity contribution in [3.63, 3.8) is 0 Å². The van der Waals surface area contributed by atoms with Gasteiger partial charge in [0.05, 0.1) is 12.0 Å². The molecule has 0 spiro atoms. The Balaban J connectivity index is 1.73. The number of likely N-dealkylation sites (tertiary alicyclic amines) is 1. The third-order valence-electron chi connectivity index (χ3n) is 4.17. The highest BCUT2D eigenvalue weighted by Crippen LogP contribution is 2.18. The number of hydrogen-bond donors (Lipinski definition) is 2. The minimum Gasteiger partial charge on any atom is -0.379 e. The van der Waals surface area contributed by atoms with E-state index in [2.05, 4.69) is 10.6 Å². The number of carbonyl (C=O) groups excluding carboxylic acids is 2. The van der Waals surface area contributed by atoms with E-state index in [0.717, 1.165) is 24.9 Å². The number of ether oxygens (including phenoxy) is 1. The molecule has 6 nitrogen and oxygen atoms in total. The quantitative estimate of drug-likeness (QED) is 0.745. The van der Waals surface area contributed by atoms with Gasteiger partial charge in [0.25, 0.3) is 0 Å². The Morgan fingerprint density at radius 1 is 1.28 bits per heavy atom. The molecule has 1 fully saturated rings. The molecule has 1 saturated heterocycles. The van der Waals surface area contributed by atoms with Crippen LogP contribution in [0.2, 0.25) is 0 Å². The third kappa shape index (κ3) is 6.74. The maximum absolute atomic E-state index is 12.4. The van der Waals surface area contributed by atoms with Gasteiger partial charge in [0.15, 0.2) is 0 Å². The van der Waals surface area contributed by atoms with Crippen LogP contribution in [0.1, 0.15) is 33.1 Å². The van der Waals surface area contributed by atoms with Gasteiger partial charge in [-0.2, -0.15) is 0 Å². The van der Waals surface area contributed by atoms with Crippen LogP contribution >= 0.6 is 0 Å². The summed E-state index contributed by atoms with van der Waals surface area (Å²) in [5.74, 6) is -0.182. The molecule has 3 amide bonds. The molecule has 0 bridgehead atoms. The van der Waals surface area contributed by atoms with Gasteiger partial charge < -0.3 is 20.3 Å². The van der Waals surface area contributed by atoms with Crippen LogP contribution in [0.15, 0.2) is 30.3 Å². The van der Waals surface area contributed by atoms with Gasteiger partial charge in [-0.1, -0.05) is 18.2 Å². The summed E-state index contributed by atoms with van der Waals surface area (Å²) in [7, 11) is 0. The number of anilines is 1. The topological polar surface area (TPSA) is 70.7 Å². The lowest BCUT2D eigenvalue weighted by atomic mass is 9.97. The molecule has 6 heteroatoms. The molecule has 0 radical (unpaired) electrons. The molecule has 2 N–H and O–H groups in total. The average molecular weight is 347 g/mol. The summed E-state index contributed by atoms with van der Waals surface area (Å²) < 4.78 is 5.46. The Kier molecular flexibility index (Phi) is 7.73. The molecule has 1 aliphatic heterocycles. The van der Waals surface area contributed by atoms with Crippen LogP contribution < -0.4 is 10.6 Å². The van der Waals surface area contributed by atoms with Crippen LogP contribution in [-0.4, -0.2) is 49.2 Å². The summed E-state index contributed by atoms with van der Waals surface area (Å²) in [4.78, 5) is 26.4. The molecule has 1 aromatic carbocycles. The van der Waals surface area contributed by atoms with E-state index in [1.165, 1.54) is 0 Å². The Morgan fingerprint density at radius 3 is 2.76 bits per heavy atom. The lowest BCUT2D eigenvalue weighted by Crippen LogP contribution is -2.48. The summed E-state index contributed by atoms with van der Waals surface area (Å²) in [5, 5.41) is 5.84. The van der Waals surface area contributed by atoms with Crippen molar-refractivity contribution in [2.45, 2.75) is 39.2 Å². The molecule has 0 aromatic heterocycles. The van der Waals surface area contributed by atoms with Crippen molar-refractivity contribution in [2.75, 3.05) is 31.6 Å². The molecular weight excluding hydrogens is 318 g/mol. The highest BCUT2D eigenvalue weighted by molar-refractivity contribution is 5.93. The summed E-state index contributed by atoms with van der Waals surface area (Å²) in [5.41, 5.74) is 0.791. The van der Waals surface area contributed by atoms with Gasteiger partial charge in [-0.05, 0) is 45.2 Å². The maximum Gasteiger partial charge on any atom is 0.317 e. The number of nitrogens with one attached hydrogen (secondary N) is 2. The second-order valence-corrected chi connectivity index (χ2v) is 6.65. The first-order valence-corrected chi connectivity index (χ1v) is 9.06. The number of benzene rings is 1. The van der Waals surface area contributed by atoms with Crippen LogP contribution in [0.3, 0.4) is 0 Å². The van der Waals surface area contributed by atoms with Crippen molar-refractivity contribution >= 4 is 17.6 Å². The van der Waals surface area contributed by atoms with Crippen molar-refractivity contribution in [3.8, 4) is 0 Å². The summed E-state index contributed by atoms with van der Waals surface area (Å²) >= 11 is 0. The van der Waals surface area contributed by atoms with Crippen molar-refractivity contribution in [2.24, 2.45) is 5.92 Å². The molecule has 0 saturated carbocycles. The highest BCUT2D eigenvalue weighted by Gasteiger charge is 2.28. The molecule has 25 heavy (non-hydrogen) atoms. The first-order chi connectivity index (χ1) is 12.1. The van der Waals surface area contributed by atoms with Gasteiger partial charge in [0, 0.05) is 31.9 Å². The Morgan fingerprint density at radius 2 is 2.04 bits per heavy atom. The number of amides is 3. The van der Waals surface area contributed by atoms with Crippen LogP contribution in [0.5, 0.6) is 0 Å². The predicted molar refractivity (Wildman–Crippen MR) is 98.5 cm³/mol. The van der Waals surface area contributed by atoms with Gasteiger partial charge in [-0.3, -0.25) is 4.79 Å². The third-order valence-corrected chi connectivity index (χ3v) is 4.17. The minimum atomic E-state index is -0.163. The molecule has 2 rings (SSSR count). The van der Waals surface area contributed by atoms with E-state index in [1.54, 1.807) is 4.90 Å². The average Bonchev–Trinajstić information content (AvgIpc) is 2.62. The summed E-state index contributed by atoms with van der Waals surface area (Å²) in [6, 6.07) is 9.32. The lowest BCUT2D eigenvalue weighted by molar-refractivity contribution is -0.121. The smallest absolute Gasteiger partial charge is 0.317 e. The van der Waals surface area contributed by atoms with E-state index in [4.69, 9.17) is 4.74 Å². The normalized spacial score (nSPS) is 17.4. The fraction of sp³-hybridized carbons (Fsp3) is 0.579. The molecule has 138 valence electrons. The number of carbonyl (C=O) groups is 2. The van der Waals surface area contributed by atoms with Gasteiger partial charge in [0.1, 0.15) is 0 Å². The van der Waals surface area contributed by atoms with Crippen LogP contribution in [0.4, 0.5) is 10.5 Å². The fourth-order valence-electron chi connectivity index (χ4n) is 2.84. The van der Waals surface area contributed by atoms with Crippen molar-refractivity contribution in [1.82, 2.24) is 10.2 Å². The van der Waals surface area contributed by atoms with E-state index in [0.29, 0.717) is 26.2 Å². The zero-order chi connectivity index (χ0) is 18.1. The van der Waals surface area contributed by atoms with Crippen molar-refractivity contribution < 1.29 is 14.3 Å². The Bertz CT molecular complexity index is 548.